The van der Waals surface area contributed by atoms with Gasteiger partial charge in [0.1, 0.15) is 6.54 Å². The van der Waals surface area contributed by atoms with E-state index in [1.165, 1.54) is 4.90 Å². The Morgan fingerprint density at radius 2 is 1.83 bits per heavy atom. The number of aryl methyl sites for hydroxylation is 2. The van der Waals surface area contributed by atoms with Crippen molar-refractivity contribution in [2.75, 3.05) is 18.9 Å². The van der Waals surface area contributed by atoms with E-state index in [1.807, 2.05) is 63.2 Å². The SMILES string of the molecule is Cc1ccc(-c2n[nH]c(=S)n2CC(=O)N(C)CC(=O)Nc2cccc(C)c2C)cc1. The lowest BCUT2D eigenvalue weighted by atomic mass is 10.1. The van der Waals surface area contributed by atoms with Gasteiger partial charge in [0.05, 0.1) is 6.54 Å². The van der Waals surface area contributed by atoms with Crippen LogP contribution in [0.2, 0.25) is 0 Å². The number of nitrogens with zero attached hydrogens (tertiary/aromatic N) is 3. The maximum atomic E-state index is 12.7. The Morgan fingerprint density at radius 3 is 2.53 bits per heavy atom. The Morgan fingerprint density at radius 1 is 1.13 bits per heavy atom. The van der Waals surface area contributed by atoms with Gasteiger partial charge in [0.15, 0.2) is 10.6 Å². The van der Waals surface area contributed by atoms with E-state index in [0.29, 0.717) is 10.6 Å². The van der Waals surface area contributed by atoms with E-state index in [1.54, 1.807) is 11.6 Å². The number of benzene rings is 2. The van der Waals surface area contributed by atoms with Gasteiger partial charge in [0.25, 0.3) is 0 Å². The fourth-order valence-corrected chi connectivity index (χ4v) is 3.22. The second-order valence-electron chi connectivity index (χ2n) is 7.35. The van der Waals surface area contributed by atoms with Crippen LogP contribution in [-0.2, 0) is 16.1 Å². The van der Waals surface area contributed by atoms with Crippen LogP contribution < -0.4 is 5.32 Å². The van der Waals surface area contributed by atoms with E-state index in [9.17, 15) is 9.59 Å². The number of carbonyl (C=O) groups is 2. The molecule has 0 aliphatic carbocycles. The van der Waals surface area contributed by atoms with Crippen molar-refractivity contribution in [3.05, 3.63) is 63.9 Å². The first kappa shape index (κ1) is 21.4. The average Bonchev–Trinajstić information content (AvgIpc) is 3.06. The largest absolute Gasteiger partial charge is 0.335 e. The lowest BCUT2D eigenvalue weighted by molar-refractivity contribution is -0.133. The van der Waals surface area contributed by atoms with Crippen molar-refractivity contribution in [2.24, 2.45) is 0 Å². The quantitative estimate of drug-likeness (QED) is 0.593. The Labute approximate surface area is 180 Å². The van der Waals surface area contributed by atoms with E-state index < -0.39 is 0 Å². The summed E-state index contributed by atoms with van der Waals surface area (Å²) in [6, 6.07) is 13.5. The zero-order valence-electron chi connectivity index (χ0n) is 17.5. The van der Waals surface area contributed by atoms with Crippen LogP contribution in [0.4, 0.5) is 5.69 Å². The maximum Gasteiger partial charge on any atom is 0.243 e. The molecule has 1 aromatic heterocycles. The second kappa shape index (κ2) is 9.04. The summed E-state index contributed by atoms with van der Waals surface area (Å²) in [6.45, 7) is 5.87. The number of aromatic amines is 1. The van der Waals surface area contributed by atoms with Gasteiger partial charge in [-0.1, -0.05) is 42.0 Å². The van der Waals surface area contributed by atoms with Crippen molar-refractivity contribution in [3.63, 3.8) is 0 Å². The molecule has 2 amide bonds. The number of hydrogen-bond donors (Lipinski definition) is 2. The zero-order chi connectivity index (χ0) is 21.8. The summed E-state index contributed by atoms with van der Waals surface area (Å²) in [6.07, 6.45) is 0. The van der Waals surface area contributed by atoms with Gasteiger partial charge >= 0.3 is 0 Å². The maximum absolute atomic E-state index is 12.7. The molecule has 156 valence electrons. The first-order valence-corrected chi connectivity index (χ1v) is 9.99. The second-order valence-corrected chi connectivity index (χ2v) is 7.74. The predicted octanol–water partition coefficient (Wildman–Crippen LogP) is 3.63. The van der Waals surface area contributed by atoms with Gasteiger partial charge in [-0.15, -0.1) is 0 Å². The lowest BCUT2D eigenvalue weighted by Gasteiger charge is -2.18. The minimum absolute atomic E-state index is 0.00814. The van der Waals surface area contributed by atoms with Gasteiger partial charge in [-0.2, -0.15) is 5.10 Å². The Hall–Kier alpha value is -3.26. The van der Waals surface area contributed by atoms with Gasteiger partial charge < -0.3 is 10.2 Å². The molecule has 0 spiro atoms. The molecule has 3 aromatic rings. The lowest BCUT2D eigenvalue weighted by Crippen LogP contribution is -2.37. The number of hydrogen-bond acceptors (Lipinski definition) is 4. The third kappa shape index (κ3) is 4.83. The molecule has 3 rings (SSSR count). The van der Waals surface area contributed by atoms with Crippen molar-refractivity contribution in [1.29, 1.82) is 0 Å². The molecule has 0 saturated carbocycles. The standard InChI is InChI=1S/C22H25N5O2S/c1-14-8-10-17(11-9-14)21-24-25-22(30)27(21)13-20(29)26(4)12-19(28)23-18-7-5-6-15(2)16(18)3/h5-11H,12-13H2,1-4H3,(H,23,28)(H,25,30). The van der Waals surface area contributed by atoms with Crippen LogP contribution in [0, 0.1) is 25.5 Å². The number of amides is 2. The van der Waals surface area contributed by atoms with E-state index in [4.69, 9.17) is 12.2 Å². The summed E-state index contributed by atoms with van der Waals surface area (Å²) in [7, 11) is 1.60. The number of anilines is 1. The molecule has 0 fully saturated rings. The van der Waals surface area contributed by atoms with Crippen LogP contribution in [0.3, 0.4) is 0 Å². The van der Waals surface area contributed by atoms with Gasteiger partial charge in [-0.25, -0.2) is 0 Å². The summed E-state index contributed by atoms with van der Waals surface area (Å²) < 4.78 is 1.99. The van der Waals surface area contributed by atoms with Crippen molar-refractivity contribution < 1.29 is 9.59 Å². The van der Waals surface area contributed by atoms with E-state index >= 15 is 0 Å². The Kier molecular flexibility index (Phi) is 6.47. The molecule has 8 heteroatoms. The summed E-state index contributed by atoms with van der Waals surface area (Å²) in [5, 5.41) is 9.87. The molecule has 2 N–H and O–H groups in total. The fourth-order valence-electron chi connectivity index (χ4n) is 3.02. The number of aromatic nitrogens is 3. The number of rotatable bonds is 6. The average molecular weight is 424 g/mol. The van der Waals surface area contributed by atoms with Crippen LogP contribution >= 0.6 is 12.2 Å². The number of carbonyl (C=O) groups excluding carboxylic acids is 2. The van der Waals surface area contributed by atoms with Gasteiger partial charge in [-0.3, -0.25) is 19.3 Å². The van der Waals surface area contributed by atoms with Gasteiger partial charge in [0, 0.05) is 18.3 Å². The monoisotopic (exact) mass is 423 g/mol. The molecule has 0 atom stereocenters. The fraction of sp³-hybridized carbons (Fsp3) is 0.273. The highest BCUT2D eigenvalue weighted by molar-refractivity contribution is 7.71. The summed E-state index contributed by atoms with van der Waals surface area (Å²) in [5.74, 6) is 0.0904. The van der Waals surface area contributed by atoms with Crippen LogP contribution in [0.25, 0.3) is 11.4 Å². The van der Waals surface area contributed by atoms with E-state index in [-0.39, 0.29) is 24.9 Å². The molecule has 30 heavy (non-hydrogen) atoms. The molecule has 0 radical (unpaired) electrons. The topological polar surface area (TPSA) is 83.0 Å². The van der Waals surface area contributed by atoms with Gasteiger partial charge in [-0.05, 0) is 50.2 Å². The molecule has 0 bridgehead atoms. The minimum Gasteiger partial charge on any atom is -0.335 e. The Bertz CT molecular complexity index is 1130. The van der Waals surface area contributed by atoms with Gasteiger partial charge in [0.2, 0.25) is 11.8 Å². The molecule has 7 nitrogen and oxygen atoms in total. The van der Waals surface area contributed by atoms with Crippen molar-refractivity contribution in [2.45, 2.75) is 27.3 Å². The van der Waals surface area contributed by atoms with E-state index in [0.717, 1.165) is 27.9 Å². The van der Waals surface area contributed by atoms with Crippen LogP contribution in [0.5, 0.6) is 0 Å². The van der Waals surface area contributed by atoms with Crippen molar-refractivity contribution >= 4 is 29.7 Å². The van der Waals surface area contributed by atoms with Crippen LogP contribution in [0.1, 0.15) is 16.7 Å². The highest BCUT2D eigenvalue weighted by atomic mass is 32.1. The molecule has 1 heterocycles. The Balaban J connectivity index is 1.68. The molecule has 0 unspecified atom stereocenters. The van der Waals surface area contributed by atoms with Crippen molar-refractivity contribution in [1.82, 2.24) is 19.7 Å². The molecule has 2 aromatic carbocycles. The zero-order valence-corrected chi connectivity index (χ0v) is 18.3. The van der Waals surface area contributed by atoms with Crippen LogP contribution in [0.15, 0.2) is 42.5 Å². The highest BCUT2D eigenvalue weighted by Crippen LogP contribution is 2.19. The minimum atomic E-state index is -0.255. The normalized spacial score (nSPS) is 10.7. The molecular weight excluding hydrogens is 398 g/mol. The molecule has 0 aliphatic rings. The summed E-state index contributed by atoms with van der Waals surface area (Å²) in [4.78, 5) is 26.6. The van der Waals surface area contributed by atoms with Crippen LogP contribution in [-0.4, -0.2) is 45.1 Å². The molecule has 0 saturated heterocycles. The third-order valence-corrected chi connectivity index (χ3v) is 5.36. The highest BCUT2D eigenvalue weighted by Gasteiger charge is 2.17. The molecular formula is C22H25N5O2S. The number of H-pyrrole nitrogens is 1. The predicted molar refractivity (Wildman–Crippen MR) is 120 cm³/mol. The first-order chi connectivity index (χ1) is 14.3. The number of nitrogens with one attached hydrogen (secondary N) is 2. The third-order valence-electron chi connectivity index (χ3n) is 5.05. The van der Waals surface area contributed by atoms with E-state index in [2.05, 4.69) is 15.5 Å². The van der Waals surface area contributed by atoms with Crippen molar-refractivity contribution in [3.8, 4) is 11.4 Å². The molecule has 0 aliphatic heterocycles. The summed E-state index contributed by atoms with van der Waals surface area (Å²) in [5.41, 5.74) is 4.84. The summed E-state index contributed by atoms with van der Waals surface area (Å²) >= 11 is 5.30. The smallest absolute Gasteiger partial charge is 0.243 e. The first-order valence-electron chi connectivity index (χ1n) is 9.58. The number of likely N-dealkylation sites (N-methyl/N-ethyl adjacent to an activating group) is 1.